The van der Waals surface area contributed by atoms with Gasteiger partial charge in [0.05, 0.1) is 0 Å². The average molecular weight is 215 g/mol. The van der Waals surface area contributed by atoms with E-state index in [4.69, 9.17) is 0 Å². The van der Waals surface area contributed by atoms with Gasteiger partial charge >= 0.3 is 0 Å². The van der Waals surface area contributed by atoms with Gasteiger partial charge in [0.1, 0.15) is 0 Å². The molecular formula is C15H21N. The molecule has 1 aromatic rings. The maximum Gasteiger partial charge on any atom is 0.0436 e. The Morgan fingerprint density at radius 1 is 1.19 bits per heavy atom. The second-order valence-corrected chi connectivity index (χ2v) is 5.57. The fourth-order valence-corrected chi connectivity index (χ4v) is 2.95. The van der Waals surface area contributed by atoms with Gasteiger partial charge in [-0.1, -0.05) is 30.3 Å². The SMILES string of the molecule is CC(NC1(c2ccccc2)CCC1)C1CC1. The van der Waals surface area contributed by atoms with Crippen molar-refractivity contribution in [2.45, 2.75) is 50.6 Å². The summed E-state index contributed by atoms with van der Waals surface area (Å²) in [7, 11) is 0. The van der Waals surface area contributed by atoms with E-state index in [0.717, 1.165) is 5.92 Å². The van der Waals surface area contributed by atoms with E-state index in [9.17, 15) is 0 Å². The van der Waals surface area contributed by atoms with E-state index in [2.05, 4.69) is 42.6 Å². The summed E-state index contributed by atoms with van der Waals surface area (Å²) in [6.45, 7) is 2.36. The number of rotatable bonds is 4. The van der Waals surface area contributed by atoms with Crippen molar-refractivity contribution in [3.63, 3.8) is 0 Å². The summed E-state index contributed by atoms with van der Waals surface area (Å²) in [5, 5.41) is 3.91. The molecule has 0 radical (unpaired) electrons. The standard InChI is InChI=1S/C15H21N/c1-12(13-8-9-13)16-15(10-5-11-15)14-6-3-2-4-7-14/h2-4,6-7,12-13,16H,5,8-11H2,1H3. The zero-order valence-corrected chi connectivity index (χ0v) is 10.1. The molecule has 0 bridgehead atoms. The first-order valence-corrected chi connectivity index (χ1v) is 6.63. The molecule has 0 aliphatic heterocycles. The first-order valence-electron chi connectivity index (χ1n) is 6.63. The molecule has 1 heteroatoms. The lowest BCUT2D eigenvalue weighted by Gasteiger charge is -2.45. The molecule has 0 aromatic heterocycles. The van der Waals surface area contributed by atoms with E-state index in [-0.39, 0.29) is 0 Å². The predicted octanol–water partition coefficient (Wildman–Crippen LogP) is 3.45. The Hall–Kier alpha value is -0.820. The van der Waals surface area contributed by atoms with Crippen LogP contribution in [0.25, 0.3) is 0 Å². The van der Waals surface area contributed by atoms with Gasteiger partial charge in [0.2, 0.25) is 0 Å². The van der Waals surface area contributed by atoms with Gasteiger partial charge in [0.15, 0.2) is 0 Å². The van der Waals surface area contributed by atoms with Crippen LogP contribution in [0.2, 0.25) is 0 Å². The molecule has 1 N–H and O–H groups in total. The summed E-state index contributed by atoms with van der Waals surface area (Å²) in [5.74, 6) is 0.946. The van der Waals surface area contributed by atoms with Gasteiger partial charge in [-0.05, 0) is 50.5 Å². The second kappa shape index (κ2) is 3.89. The zero-order chi connectivity index (χ0) is 11.0. The van der Waals surface area contributed by atoms with Gasteiger partial charge in [-0.2, -0.15) is 0 Å². The van der Waals surface area contributed by atoms with Crippen molar-refractivity contribution in [1.82, 2.24) is 5.32 Å². The van der Waals surface area contributed by atoms with Gasteiger partial charge < -0.3 is 5.32 Å². The Morgan fingerprint density at radius 3 is 2.38 bits per heavy atom. The van der Waals surface area contributed by atoms with Crippen LogP contribution in [0.1, 0.15) is 44.6 Å². The molecule has 1 unspecified atom stereocenters. The van der Waals surface area contributed by atoms with Crippen LogP contribution in [0.15, 0.2) is 30.3 Å². The van der Waals surface area contributed by atoms with Crippen LogP contribution in [-0.2, 0) is 5.54 Å². The van der Waals surface area contributed by atoms with Crippen molar-refractivity contribution in [3.8, 4) is 0 Å². The topological polar surface area (TPSA) is 12.0 Å². The zero-order valence-electron chi connectivity index (χ0n) is 10.1. The highest BCUT2D eigenvalue weighted by atomic mass is 15.0. The average Bonchev–Trinajstić information content (AvgIpc) is 3.08. The van der Waals surface area contributed by atoms with Gasteiger partial charge in [0.25, 0.3) is 0 Å². The molecule has 2 fully saturated rings. The molecule has 16 heavy (non-hydrogen) atoms. The molecule has 2 saturated carbocycles. The molecule has 1 aromatic carbocycles. The molecule has 2 aliphatic rings. The predicted molar refractivity (Wildman–Crippen MR) is 67.3 cm³/mol. The Balaban J connectivity index is 1.77. The second-order valence-electron chi connectivity index (χ2n) is 5.57. The van der Waals surface area contributed by atoms with E-state index in [1.54, 1.807) is 0 Å². The molecule has 3 rings (SSSR count). The third-order valence-electron chi connectivity index (χ3n) is 4.37. The van der Waals surface area contributed by atoms with Crippen LogP contribution in [0.3, 0.4) is 0 Å². The normalized spacial score (nSPS) is 24.8. The minimum atomic E-state index is 0.309. The van der Waals surface area contributed by atoms with E-state index < -0.39 is 0 Å². The smallest absolute Gasteiger partial charge is 0.0436 e. The molecule has 1 nitrogen and oxygen atoms in total. The first-order chi connectivity index (χ1) is 7.80. The van der Waals surface area contributed by atoms with Gasteiger partial charge in [-0.3, -0.25) is 0 Å². The molecule has 0 saturated heterocycles. The summed E-state index contributed by atoms with van der Waals surface area (Å²) in [4.78, 5) is 0. The fourth-order valence-electron chi connectivity index (χ4n) is 2.95. The molecule has 0 heterocycles. The Labute approximate surface area is 98.3 Å². The van der Waals surface area contributed by atoms with Crippen molar-refractivity contribution in [3.05, 3.63) is 35.9 Å². The van der Waals surface area contributed by atoms with Crippen molar-refractivity contribution in [2.24, 2.45) is 5.92 Å². The first kappa shape index (κ1) is 10.3. The number of hydrogen-bond acceptors (Lipinski definition) is 1. The summed E-state index contributed by atoms with van der Waals surface area (Å²) in [6.07, 6.45) is 6.86. The van der Waals surface area contributed by atoms with Crippen LogP contribution in [-0.4, -0.2) is 6.04 Å². The largest absolute Gasteiger partial charge is 0.305 e. The molecule has 1 atom stereocenters. The summed E-state index contributed by atoms with van der Waals surface area (Å²) >= 11 is 0. The molecule has 0 amide bonds. The fraction of sp³-hybridized carbons (Fsp3) is 0.600. The summed E-state index contributed by atoms with van der Waals surface area (Å²) < 4.78 is 0. The third-order valence-corrected chi connectivity index (χ3v) is 4.37. The summed E-state index contributed by atoms with van der Waals surface area (Å²) in [5.41, 5.74) is 1.80. The maximum atomic E-state index is 3.91. The highest BCUT2D eigenvalue weighted by Gasteiger charge is 2.41. The Bertz CT molecular complexity index is 349. The lowest BCUT2D eigenvalue weighted by atomic mass is 9.71. The van der Waals surface area contributed by atoms with Crippen molar-refractivity contribution in [2.75, 3.05) is 0 Å². The number of hydrogen-bond donors (Lipinski definition) is 1. The quantitative estimate of drug-likeness (QED) is 0.811. The van der Waals surface area contributed by atoms with Crippen LogP contribution >= 0.6 is 0 Å². The number of nitrogens with one attached hydrogen (secondary N) is 1. The highest BCUT2D eigenvalue weighted by molar-refractivity contribution is 5.27. The minimum Gasteiger partial charge on any atom is -0.305 e. The highest BCUT2D eigenvalue weighted by Crippen LogP contribution is 2.43. The van der Waals surface area contributed by atoms with Crippen LogP contribution in [0.5, 0.6) is 0 Å². The lowest BCUT2D eigenvalue weighted by Crippen LogP contribution is -2.52. The van der Waals surface area contributed by atoms with Crippen molar-refractivity contribution >= 4 is 0 Å². The van der Waals surface area contributed by atoms with E-state index in [1.165, 1.54) is 37.7 Å². The van der Waals surface area contributed by atoms with Gasteiger partial charge in [-0.25, -0.2) is 0 Å². The van der Waals surface area contributed by atoms with Crippen molar-refractivity contribution < 1.29 is 0 Å². The molecule has 2 aliphatic carbocycles. The van der Waals surface area contributed by atoms with Crippen LogP contribution in [0.4, 0.5) is 0 Å². The number of benzene rings is 1. The maximum absolute atomic E-state index is 3.91. The molecular weight excluding hydrogens is 194 g/mol. The van der Waals surface area contributed by atoms with E-state index in [0.29, 0.717) is 11.6 Å². The Morgan fingerprint density at radius 2 is 1.88 bits per heavy atom. The lowest BCUT2D eigenvalue weighted by molar-refractivity contribution is 0.160. The van der Waals surface area contributed by atoms with Crippen LogP contribution < -0.4 is 5.32 Å². The van der Waals surface area contributed by atoms with E-state index in [1.807, 2.05) is 0 Å². The Kier molecular flexibility index (Phi) is 2.51. The van der Waals surface area contributed by atoms with E-state index >= 15 is 0 Å². The van der Waals surface area contributed by atoms with Gasteiger partial charge in [-0.15, -0.1) is 0 Å². The van der Waals surface area contributed by atoms with Gasteiger partial charge in [0, 0.05) is 11.6 Å². The molecule has 0 spiro atoms. The summed E-state index contributed by atoms with van der Waals surface area (Å²) in [6, 6.07) is 11.7. The monoisotopic (exact) mass is 215 g/mol. The third kappa shape index (κ3) is 1.78. The minimum absolute atomic E-state index is 0.309. The molecule has 86 valence electrons. The van der Waals surface area contributed by atoms with Crippen LogP contribution in [0, 0.1) is 5.92 Å². The van der Waals surface area contributed by atoms with Crippen molar-refractivity contribution in [1.29, 1.82) is 0 Å².